The third-order valence-corrected chi connectivity index (χ3v) is 13.3. The van der Waals surface area contributed by atoms with E-state index in [1.165, 1.54) is 4.57 Å². The van der Waals surface area contributed by atoms with Crippen molar-refractivity contribution < 1.29 is 56.1 Å². The molecule has 294 valence electrons. The highest BCUT2D eigenvalue weighted by Crippen LogP contribution is 2.64. The van der Waals surface area contributed by atoms with Gasteiger partial charge in [-0.25, -0.2) is 18.9 Å². The molecule has 3 aliphatic heterocycles. The molecule has 23 nitrogen and oxygen atoms in total. The number of hydrogen-bond donors (Lipinski definition) is 6. The normalized spacial score (nSPS) is 33.6. The number of rotatable bonds is 5. The second kappa shape index (κ2) is 14.3. The number of imidazole rings is 2. The van der Waals surface area contributed by atoms with E-state index in [1.54, 1.807) is 20.8 Å². The van der Waals surface area contributed by atoms with Gasteiger partial charge in [0.05, 0.1) is 31.3 Å². The Hall–Kier alpha value is -3.39. The zero-order chi connectivity index (χ0) is 38.9. The van der Waals surface area contributed by atoms with Gasteiger partial charge < -0.3 is 40.2 Å². The molecular formula is C26H33FN10O13P2S2. The third-order valence-electron chi connectivity index (χ3n) is 8.35. The number of hydrogen-bond acceptors (Lipinski definition) is 20. The molecule has 0 aromatic carbocycles. The predicted octanol–water partition coefficient (Wildman–Crippen LogP) is 0.333. The molecule has 8 N–H and O–H groups in total. The van der Waals surface area contributed by atoms with Gasteiger partial charge >= 0.3 is 19.5 Å². The third kappa shape index (κ3) is 7.45. The lowest BCUT2D eigenvalue weighted by atomic mass is 9.98. The van der Waals surface area contributed by atoms with Gasteiger partial charge in [-0.05, 0) is 32.6 Å². The van der Waals surface area contributed by atoms with Crippen LogP contribution in [0, 0.1) is 5.41 Å². The van der Waals surface area contributed by atoms with Gasteiger partial charge in [-0.2, -0.15) is 9.97 Å². The molecule has 4 unspecified atom stereocenters. The van der Waals surface area contributed by atoms with Crippen molar-refractivity contribution in [2.45, 2.75) is 69.9 Å². The fraction of sp³-hybridized carbons (Fsp3) is 0.577. The van der Waals surface area contributed by atoms with E-state index in [1.807, 2.05) is 0 Å². The molecule has 3 aliphatic rings. The van der Waals surface area contributed by atoms with Gasteiger partial charge in [0.15, 0.2) is 41.0 Å². The summed E-state index contributed by atoms with van der Waals surface area (Å²) in [4.78, 5) is 69.4. The first-order valence-electron chi connectivity index (χ1n) is 15.8. The summed E-state index contributed by atoms with van der Waals surface area (Å²) >= 11 is 5.62. The fourth-order valence-corrected chi connectivity index (χ4v) is 9.97. The molecule has 7 rings (SSSR count). The van der Waals surface area contributed by atoms with Gasteiger partial charge in [-0.3, -0.25) is 47.1 Å². The topological polar surface area (TPSA) is 318 Å². The van der Waals surface area contributed by atoms with Crippen LogP contribution in [-0.2, 0) is 53.5 Å². The highest BCUT2D eigenvalue weighted by Gasteiger charge is 2.54. The monoisotopic (exact) mass is 838 g/mol. The van der Waals surface area contributed by atoms with E-state index < -0.39 is 104 Å². The molecule has 0 saturated carbocycles. The number of nitrogens with zero attached hydrogens (tertiary/aromatic N) is 6. The summed E-state index contributed by atoms with van der Waals surface area (Å²) in [5.74, 6) is -1.80. The number of nitrogen functional groups attached to an aromatic ring is 2. The van der Waals surface area contributed by atoms with Crippen LogP contribution < -0.4 is 22.6 Å². The van der Waals surface area contributed by atoms with E-state index in [0.29, 0.717) is 11.4 Å². The largest absolute Gasteiger partial charge is 0.454 e. The standard InChI is InChI=1S/C26H33FN10O13P2S2/c1-26(2,3)23(41)44-8-54-52(43)46-5-10-15(11(27)21(48-10)36-6-30-12-17(36)32-24(28)34-19(12)39)49-51(42,53)45-4-9-14(38)16(50-52)22(47-9)37-7-31-13-18(37)33-25(29)35-20(13)40/h6-7,9-11,14-16,21-22,38H,4-5,8H2,1-3H3,(H,42,53)(H3,28,32,34,39)(H3,29,33,35,40)/t9-,10-,11+,14?,15?,16+,21-,22-,51?,52?/m1/s1. The number of ether oxygens (including phenoxy) is 3. The molecule has 4 aromatic heterocycles. The molecule has 54 heavy (non-hydrogen) atoms. The minimum atomic E-state index is -4.64. The summed E-state index contributed by atoms with van der Waals surface area (Å²) in [5, 5.41) is 11.5. The average Bonchev–Trinajstić information content (AvgIpc) is 3.83. The molecule has 28 heteroatoms. The maximum Gasteiger partial charge on any atom is 0.392 e. The number of aliphatic hydroxyl groups excluding tert-OH is 1. The number of carbonyl (C=O) groups is 1. The van der Waals surface area contributed by atoms with Gasteiger partial charge in [-0.15, -0.1) is 0 Å². The number of esters is 1. The van der Waals surface area contributed by atoms with E-state index in [-0.39, 0.29) is 34.2 Å². The Morgan fingerprint density at radius 2 is 1.56 bits per heavy atom. The first-order chi connectivity index (χ1) is 25.3. The van der Waals surface area contributed by atoms with E-state index in [9.17, 15) is 28.9 Å². The van der Waals surface area contributed by atoms with Gasteiger partial charge in [0.1, 0.15) is 36.5 Å². The SMILES string of the molecule is CC(C)(C)C(=O)OCSP1(=O)OC[C@H]2O[C@@H](n3cnc4c(=O)[nH]c(N)nc43)[C@@H](F)C2OP(O)(=S)OC[C@H]2O[C@@H](n3cnc4c(=O)[nH]c(N)nc43)[C@@H](O1)C2O. The maximum absolute atomic E-state index is 16.4. The van der Waals surface area contributed by atoms with Crippen LogP contribution in [0.15, 0.2) is 22.2 Å². The first-order valence-corrected chi connectivity index (χ1v) is 21.5. The van der Waals surface area contributed by atoms with Crippen LogP contribution in [0.3, 0.4) is 0 Å². The van der Waals surface area contributed by atoms with E-state index >= 15 is 4.39 Å². The van der Waals surface area contributed by atoms with Gasteiger partial charge in [0.2, 0.25) is 11.9 Å². The van der Waals surface area contributed by atoms with Gasteiger partial charge in [0.25, 0.3) is 11.1 Å². The number of alkyl halides is 1. The lowest BCUT2D eigenvalue weighted by Crippen LogP contribution is -2.35. The summed E-state index contributed by atoms with van der Waals surface area (Å²) < 4.78 is 73.6. The minimum absolute atomic E-state index is 0.102. The Kier molecular flexibility index (Phi) is 10.3. The molecule has 10 atom stereocenters. The number of nitrogens with two attached hydrogens (primary N) is 2. The van der Waals surface area contributed by atoms with Gasteiger partial charge in [-0.1, -0.05) is 0 Å². The number of H-pyrrole nitrogens is 2. The lowest BCUT2D eigenvalue weighted by molar-refractivity contribution is -0.150. The molecule has 0 radical (unpaired) electrons. The number of nitrogens with one attached hydrogen (secondary N) is 2. The molecule has 4 aromatic rings. The first kappa shape index (κ1) is 38.9. The summed E-state index contributed by atoms with van der Waals surface area (Å²) in [7, 11) is 0. The van der Waals surface area contributed by atoms with Crippen LogP contribution in [0.4, 0.5) is 16.3 Å². The van der Waals surface area contributed by atoms with Crippen LogP contribution >= 0.6 is 24.9 Å². The molecule has 2 bridgehead atoms. The molecule has 3 fully saturated rings. The van der Waals surface area contributed by atoms with Crippen molar-refractivity contribution in [1.82, 2.24) is 39.0 Å². The summed E-state index contributed by atoms with van der Waals surface area (Å²) in [6.07, 6.45) is -11.0. The molecule has 0 amide bonds. The molecule has 0 aliphatic carbocycles. The van der Waals surface area contributed by atoms with Crippen molar-refractivity contribution in [3.8, 4) is 0 Å². The molecule has 7 heterocycles. The molecule has 0 spiro atoms. The van der Waals surface area contributed by atoms with E-state index in [2.05, 4.69) is 29.9 Å². The van der Waals surface area contributed by atoms with Crippen LogP contribution in [-0.4, -0.2) is 111 Å². The van der Waals surface area contributed by atoms with Crippen molar-refractivity contribution in [2.75, 3.05) is 30.6 Å². The Morgan fingerprint density at radius 1 is 1.00 bits per heavy atom. The number of aromatic amines is 2. The fourth-order valence-electron chi connectivity index (χ4n) is 5.75. The minimum Gasteiger partial charge on any atom is -0.454 e. The van der Waals surface area contributed by atoms with Crippen molar-refractivity contribution >= 4 is 76.9 Å². The Morgan fingerprint density at radius 3 is 2.15 bits per heavy atom. The molecular weight excluding hydrogens is 805 g/mol. The van der Waals surface area contributed by atoms with Crippen molar-refractivity contribution in [2.24, 2.45) is 5.41 Å². The van der Waals surface area contributed by atoms with Gasteiger partial charge in [0, 0.05) is 11.4 Å². The Balaban J connectivity index is 1.25. The number of aromatic nitrogens is 8. The number of aliphatic hydroxyl groups is 1. The lowest BCUT2D eigenvalue weighted by Gasteiger charge is -2.28. The summed E-state index contributed by atoms with van der Waals surface area (Å²) in [6, 6.07) is 0. The maximum atomic E-state index is 16.4. The Labute approximate surface area is 310 Å². The number of carbonyl (C=O) groups excluding carboxylic acids is 1. The number of fused-ring (bicyclic) bond motifs is 5. The van der Waals surface area contributed by atoms with Crippen LogP contribution in [0.1, 0.15) is 33.2 Å². The second-order valence-electron chi connectivity index (χ2n) is 13.2. The van der Waals surface area contributed by atoms with E-state index in [0.717, 1.165) is 17.2 Å². The number of anilines is 2. The van der Waals surface area contributed by atoms with Crippen molar-refractivity contribution in [3.05, 3.63) is 33.4 Å². The number of halogens is 1. The zero-order valence-electron chi connectivity index (χ0n) is 28.2. The van der Waals surface area contributed by atoms with Crippen LogP contribution in [0.5, 0.6) is 0 Å². The highest BCUT2D eigenvalue weighted by atomic mass is 32.7. The quantitative estimate of drug-likeness (QED) is 0.0896. The average molecular weight is 839 g/mol. The van der Waals surface area contributed by atoms with E-state index in [4.69, 9.17) is 55.6 Å². The second-order valence-corrected chi connectivity index (χ2v) is 20.0. The van der Waals surface area contributed by atoms with Crippen molar-refractivity contribution in [1.29, 1.82) is 0 Å². The van der Waals surface area contributed by atoms with Crippen molar-refractivity contribution in [3.63, 3.8) is 0 Å². The van der Waals surface area contributed by atoms with Crippen LogP contribution in [0.2, 0.25) is 0 Å². The Bertz CT molecular complexity index is 2320. The zero-order valence-corrected chi connectivity index (χ0v) is 31.6. The smallest absolute Gasteiger partial charge is 0.392 e. The van der Waals surface area contributed by atoms with Crippen LogP contribution in [0.25, 0.3) is 22.3 Å². The summed E-state index contributed by atoms with van der Waals surface area (Å²) in [5.41, 5.74) is 8.53. The highest BCUT2D eigenvalue weighted by molar-refractivity contribution is 8.55. The summed E-state index contributed by atoms with van der Waals surface area (Å²) in [6.45, 7) is -5.71. The molecule has 3 saturated heterocycles. The predicted molar refractivity (Wildman–Crippen MR) is 188 cm³/mol.